The van der Waals surface area contributed by atoms with E-state index in [1.807, 2.05) is 12.4 Å². The zero-order valence-corrected chi connectivity index (χ0v) is 11.0. The van der Waals surface area contributed by atoms with Crippen LogP contribution >= 0.6 is 0 Å². The molecule has 0 aromatic carbocycles. The fraction of sp³-hybridized carbons (Fsp3) is 0.571. The molecule has 2 atom stereocenters. The van der Waals surface area contributed by atoms with E-state index in [0.29, 0.717) is 19.3 Å². The van der Waals surface area contributed by atoms with Crippen LogP contribution in [0, 0.1) is 0 Å². The van der Waals surface area contributed by atoms with Gasteiger partial charge in [0.05, 0.1) is 30.3 Å². The van der Waals surface area contributed by atoms with Crippen LogP contribution in [0.25, 0.3) is 11.0 Å². The third-order valence-electron chi connectivity index (χ3n) is 4.43. The van der Waals surface area contributed by atoms with Gasteiger partial charge < -0.3 is 15.0 Å². The highest BCUT2D eigenvalue weighted by atomic mass is 16.5. The molecule has 1 saturated carbocycles. The van der Waals surface area contributed by atoms with Crippen molar-refractivity contribution in [2.24, 2.45) is 5.73 Å². The van der Waals surface area contributed by atoms with Crippen LogP contribution in [-0.4, -0.2) is 33.8 Å². The van der Waals surface area contributed by atoms with Gasteiger partial charge in [0.1, 0.15) is 11.3 Å². The minimum absolute atomic E-state index is 0.00905. The highest BCUT2D eigenvalue weighted by Gasteiger charge is 2.45. The Balaban J connectivity index is 1.96. The van der Waals surface area contributed by atoms with E-state index in [1.54, 1.807) is 0 Å². The molecule has 0 bridgehead atoms. The largest absolute Gasteiger partial charge is 0.379 e. The summed E-state index contributed by atoms with van der Waals surface area (Å²) in [4.78, 5) is 9.00. The first-order chi connectivity index (χ1) is 9.20. The molecular formula is C14H18N4O. The second kappa shape index (κ2) is 3.77. The molecule has 2 aliphatic rings. The molecule has 2 N–H and O–H groups in total. The second-order valence-electron chi connectivity index (χ2n) is 5.94. The monoisotopic (exact) mass is 258 g/mol. The Kier molecular flexibility index (Phi) is 2.26. The molecule has 100 valence electrons. The summed E-state index contributed by atoms with van der Waals surface area (Å²) >= 11 is 0. The van der Waals surface area contributed by atoms with E-state index in [-0.39, 0.29) is 11.5 Å². The van der Waals surface area contributed by atoms with Gasteiger partial charge in [-0.1, -0.05) is 0 Å². The summed E-state index contributed by atoms with van der Waals surface area (Å²) in [6, 6.07) is 2.64. The van der Waals surface area contributed by atoms with Crippen LogP contribution in [0.15, 0.2) is 18.5 Å². The van der Waals surface area contributed by atoms with Crippen LogP contribution in [0.1, 0.15) is 31.6 Å². The van der Waals surface area contributed by atoms with Crippen molar-refractivity contribution in [1.29, 1.82) is 0 Å². The van der Waals surface area contributed by atoms with E-state index in [2.05, 4.69) is 22.5 Å². The van der Waals surface area contributed by atoms with Crippen molar-refractivity contribution in [1.82, 2.24) is 14.5 Å². The smallest absolute Gasteiger partial charge is 0.120 e. The van der Waals surface area contributed by atoms with Gasteiger partial charge in [-0.2, -0.15) is 0 Å². The third kappa shape index (κ3) is 1.55. The normalized spacial score (nSPS) is 31.2. The average Bonchev–Trinajstić information content (AvgIpc) is 3.09. The van der Waals surface area contributed by atoms with Gasteiger partial charge in [-0.15, -0.1) is 0 Å². The molecule has 0 spiro atoms. The number of rotatable bonds is 2. The van der Waals surface area contributed by atoms with E-state index in [0.717, 1.165) is 11.3 Å². The molecule has 19 heavy (non-hydrogen) atoms. The van der Waals surface area contributed by atoms with E-state index in [4.69, 9.17) is 15.5 Å². The van der Waals surface area contributed by atoms with Crippen molar-refractivity contribution in [2.75, 3.05) is 13.2 Å². The van der Waals surface area contributed by atoms with E-state index >= 15 is 0 Å². The number of hydrogen-bond donors (Lipinski definition) is 1. The molecule has 1 aliphatic carbocycles. The first-order valence-electron chi connectivity index (χ1n) is 6.86. The molecule has 0 radical (unpaired) electrons. The maximum Gasteiger partial charge on any atom is 0.120 e. The summed E-state index contributed by atoms with van der Waals surface area (Å²) < 4.78 is 7.95. The Bertz CT molecular complexity index is 633. The number of nitrogens with zero attached hydrogens (tertiary/aromatic N) is 3. The zero-order valence-electron chi connectivity index (χ0n) is 11.0. The van der Waals surface area contributed by atoms with Gasteiger partial charge in [0.15, 0.2) is 0 Å². The van der Waals surface area contributed by atoms with Crippen molar-refractivity contribution >= 4 is 11.0 Å². The fourth-order valence-corrected chi connectivity index (χ4v) is 2.98. The second-order valence-corrected chi connectivity index (χ2v) is 5.94. The number of aromatic nitrogens is 3. The van der Waals surface area contributed by atoms with Crippen molar-refractivity contribution < 1.29 is 4.74 Å². The van der Waals surface area contributed by atoms with Crippen molar-refractivity contribution in [3.8, 4) is 0 Å². The minimum Gasteiger partial charge on any atom is -0.379 e. The molecule has 2 aromatic heterocycles. The van der Waals surface area contributed by atoms with E-state index in [1.165, 1.54) is 18.4 Å². The van der Waals surface area contributed by atoms with Crippen LogP contribution in [0.4, 0.5) is 0 Å². The number of ether oxygens (including phenoxy) is 1. The van der Waals surface area contributed by atoms with Gasteiger partial charge in [-0.25, -0.2) is 4.98 Å². The predicted molar refractivity (Wildman–Crippen MR) is 71.9 cm³/mol. The number of imidazole rings is 1. The molecule has 1 saturated heterocycles. The molecule has 0 amide bonds. The van der Waals surface area contributed by atoms with Gasteiger partial charge >= 0.3 is 0 Å². The van der Waals surface area contributed by atoms with Crippen LogP contribution in [0.5, 0.6) is 0 Å². The lowest BCUT2D eigenvalue weighted by Gasteiger charge is -2.27. The summed E-state index contributed by atoms with van der Waals surface area (Å²) in [5.41, 5.74) is 8.21. The van der Waals surface area contributed by atoms with Gasteiger partial charge in [0.2, 0.25) is 0 Å². The minimum atomic E-state index is -0.193. The van der Waals surface area contributed by atoms with Crippen LogP contribution in [0.3, 0.4) is 0 Å². The maximum atomic E-state index is 6.26. The van der Waals surface area contributed by atoms with Gasteiger partial charge in [-0.3, -0.25) is 4.98 Å². The van der Waals surface area contributed by atoms with Crippen molar-refractivity contribution in [3.63, 3.8) is 0 Å². The molecule has 5 heteroatoms. The third-order valence-corrected chi connectivity index (χ3v) is 4.43. The van der Waals surface area contributed by atoms with Crippen molar-refractivity contribution in [3.05, 3.63) is 24.3 Å². The van der Waals surface area contributed by atoms with Gasteiger partial charge in [-0.05, 0) is 25.8 Å². The lowest BCUT2D eigenvalue weighted by molar-refractivity contribution is 0.177. The summed E-state index contributed by atoms with van der Waals surface area (Å²) in [6.07, 6.45) is 6.13. The Morgan fingerprint density at radius 1 is 1.47 bits per heavy atom. The lowest BCUT2D eigenvalue weighted by Crippen LogP contribution is -2.43. The Hall–Kier alpha value is -1.46. The van der Waals surface area contributed by atoms with Gasteiger partial charge in [0, 0.05) is 18.3 Å². The number of pyridine rings is 1. The zero-order chi connectivity index (χ0) is 13.0. The summed E-state index contributed by atoms with van der Waals surface area (Å²) in [6.45, 7) is 3.43. The molecule has 1 aliphatic heterocycles. The fourth-order valence-electron chi connectivity index (χ4n) is 2.98. The standard InChI is InChI=1S/C14H18N4O/c1-14(8-19-7-12(14)15)13-17-10-6-16-5-4-11(10)18(13)9-2-3-9/h4-6,9,12H,2-3,7-8,15H2,1H3. The SMILES string of the molecule is CC1(c2nc3cnccc3n2C2CC2)COCC1N. The first-order valence-corrected chi connectivity index (χ1v) is 6.86. The molecule has 4 rings (SSSR count). The summed E-state index contributed by atoms with van der Waals surface area (Å²) in [5.74, 6) is 1.07. The topological polar surface area (TPSA) is 66.0 Å². The molecule has 5 nitrogen and oxygen atoms in total. The molecule has 2 aromatic rings. The highest BCUT2D eigenvalue weighted by Crippen LogP contribution is 2.42. The van der Waals surface area contributed by atoms with Crippen LogP contribution in [0.2, 0.25) is 0 Å². The summed E-state index contributed by atoms with van der Waals surface area (Å²) in [5, 5.41) is 0. The summed E-state index contributed by atoms with van der Waals surface area (Å²) in [7, 11) is 0. The first kappa shape index (κ1) is 11.4. The number of hydrogen-bond acceptors (Lipinski definition) is 4. The molecular weight excluding hydrogens is 240 g/mol. The maximum absolute atomic E-state index is 6.26. The van der Waals surface area contributed by atoms with E-state index < -0.39 is 0 Å². The molecule has 3 heterocycles. The Morgan fingerprint density at radius 3 is 3.00 bits per heavy atom. The number of fused-ring (bicyclic) bond motifs is 1. The Labute approximate surface area is 111 Å². The van der Waals surface area contributed by atoms with Crippen LogP contribution < -0.4 is 5.73 Å². The van der Waals surface area contributed by atoms with E-state index in [9.17, 15) is 0 Å². The quantitative estimate of drug-likeness (QED) is 0.883. The van der Waals surface area contributed by atoms with Crippen molar-refractivity contribution in [2.45, 2.75) is 37.3 Å². The van der Waals surface area contributed by atoms with Crippen LogP contribution in [-0.2, 0) is 10.2 Å². The average molecular weight is 258 g/mol. The molecule has 2 unspecified atom stereocenters. The highest BCUT2D eigenvalue weighted by molar-refractivity contribution is 5.75. The predicted octanol–water partition coefficient (Wildman–Crippen LogP) is 1.38. The van der Waals surface area contributed by atoms with Gasteiger partial charge in [0.25, 0.3) is 0 Å². The molecule has 2 fully saturated rings. The lowest BCUT2D eigenvalue weighted by atomic mass is 9.85. The Morgan fingerprint density at radius 2 is 2.32 bits per heavy atom. The number of nitrogens with two attached hydrogens (primary N) is 1.